The predicted octanol–water partition coefficient (Wildman–Crippen LogP) is 2.40. The summed E-state index contributed by atoms with van der Waals surface area (Å²) in [7, 11) is 1.97. The Morgan fingerprint density at radius 1 is 1.31 bits per heavy atom. The van der Waals surface area contributed by atoms with Gasteiger partial charge in [-0.25, -0.2) is 4.68 Å². The third-order valence-corrected chi connectivity index (χ3v) is 2.83. The van der Waals surface area contributed by atoms with E-state index in [4.69, 9.17) is 0 Å². The average molecular weight is 280 g/mol. The van der Waals surface area contributed by atoms with Crippen LogP contribution in [0.4, 0.5) is 0 Å². The van der Waals surface area contributed by atoms with Crippen LogP contribution in [0.5, 0.6) is 0 Å². The van der Waals surface area contributed by atoms with E-state index in [1.807, 2.05) is 17.9 Å². The van der Waals surface area contributed by atoms with Crippen molar-refractivity contribution in [2.24, 2.45) is 0 Å². The summed E-state index contributed by atoms with van der Waals surface area (Å²) < 4.78 is 2.85. The molecule has 4 heteroatoms. The first-order valence-electron chi connectivity index (χ1n) is 5.23. The van der Waals surface area contributed by atoms with E-state index in [2.05, 4.69) is 50.6 Å². The second-order valence-corrected chi connectivity index (χ2v) is 4.54. The molecule has 16 heavy (non-hydrogen) atoms. The molecule has 1 aromatic heterocycles. The van der Waals surface area contributed by atoms with E-state index < -0.39 is 0 Å². The summed E-state index contributed by atoms with van der Waals surface area (Å²) in [5.74, 6) is 0. The van der Waals surface area contributed by atoms with Crippen LogP contribution in [-0.4, -0.2) is 23.4 Å². The van der Waals surface area contributed by atoms with Crippen LogP contribution in [-0.2, 0) is 6.42 Å². The number of rotatable bonds is 4. The van der Waals surface area contributed by atoms with Gasteiger partial charge in [-0.1, -0.05) is 12.1 Å². The molecule has 0 atom stereocenters. The van der Waals surface area contributed by atoms with Gasteiger partial charge in [0, 0.05) is 6.20 Å². The summed E-state index contributed by atoms with van der Waals surface area (Å²) in [6.45, 7) is 1.01. The molecule has 0 aliphatic rings. The number of halogens is 1. The molecule has 0 spiro atoms. The van der Waals surface area contributed by atoms with E-state index in [9.17, 15) is 0 Å². The predicted molar refractivity (Wildman–Crippen MR) is 68.9 cm³/mol. The maximum Gasteiger partial charge on any atom is 0.0646 e. The average Bonchev–Trinajstić information content (AvgIpc) is 2.74. The summed E-state index contributed by atoms with van der Waals surface area (Å²) in [4.78, 5) is 0. The van der Waals surface area contributed by atoms with Crippen LogP contribution < -0.4 is 5.32 Å². The minimum absolute atomic E-state index is 0.992. The fourth-order valence-corrected chi connectivity index (χ4v) is 1.81. The van der Waals surface area contributed by atoms with Gasteiger partial charge in [0.05, 0.1) is 16.4 Å². The zero-order valence-corrected chi connectivity index (χ0v) is 10.7. The Kier molecular flexibility index (Phi) is 3.74. The van der Waals surface area contributed by atoms with Gasteiger partial charge in [0.15, 0.2) is 0 Å². The summed E-state index contributed by atoms with van der Waals surface area (Å²) in [5, 5.41) is 7.38. The Morgan fingerprint density at radius 2 is 2.06 bits per heavy atom. The maximum atomic E-state index is 4.24. The lowest BCUT2D eigenvalue weighted by molar-refractivity contribution is 0.791. The SMILES string of the molecule is CNCCc1ccc(-n2cc(Br)cn2)cc1. The molecule has 0 fully saturated rings. The fourth-order valence-electron chi connectivity index (χ4n) is 1.53. The molecule has 0 saturated carbocycles. The quantitative estimate of drug-likeness (QED) is 0.932. The number of benzene rings is 1. The molecule has 0 bridgehead atoms. The van der Waals surface area contributed by atoms with E-state index in [1.54, 1.807) is 6.20 Å². The second-order valence-electron chi connectivity index (χ2n) is 3.62. The van der Waals surface area contributed by atoms with Crippen molar-refractivity contribution in [3.05, 3.63) is 46.7 Å². The van der Waals surface area contributed by atoms with Gasteiger partial charge in [0.1, 0.15) is 0 Å². The van der Waals surface area contributed by atoms with Crippen LogP contribution in [0.3, 0.4) is 0 Å². The maximum absolute atomic E-state index is 4.24. The fraction of sp³-hybridized carbons (Fsp3) is 0.250. The van der Waals surface area contributed by atoms with Gasteiger partial charge < -0.3 is 5.32 Å². The van der Waals surface area contributed by atoms with Gasteiger partial charge in [0.25, 0.3) is 0 Å². The normalized spacial score (nSPS) is 10.6. The first-order valence-corrected chi connectivity index (χ1v) is 6.03. The zero-order chi connectivity index (χ0) is 11.4. The van der Waals surface area contributed by atoms with Crippen molar-refractivity contribution >= 4 is 15.9 Å². The van der Waals surface area contributed by atoms with Gasteiger partial charge in [0.2, 0.25) is 0 Å². The Balaban J connectivity index is 2.13. The molecule has 0 amide bonds. The van der Waals surface area contributed by atoms with Crippen molar-refractivity contribution in [1.82, 2.24) is 15.1 Å². The monoisotopic (exact) mass is 279 g/mol. The Labute approximate surface area is 104 Å². The van der Waals surface area contributed by atoms with Gasteiger partial charge in [-0.05, 0) is 53.6 Å². The Hall–Kier alpha value is -1.13. The third kappa shape index (κ3) is 2.71. The molecular formula is C12H14BrN3. The number of hydrogen-bond acceptors (Lipinski definition) is 2. The molecule has 0 saturated heterocycles. The molecule has 1 N–H and O–H groups in total. The lowest BCUT2D eigenvalue weighted by Crippen LogP contribution is -2.10. The lowest BCUT2D eigenvalue weighted by Gasteiger charge is -2.03. The molecule has 0 aliphatic carbocycles. The van der Waals surface area contributed by atoms with Crippen LogP contribution in [0, 0.1) is 0 Å². The topological polar surface area (TPSA) is 29.9 Å². The lowest BCUT2D eigenvalue weighted by atomic mass is 10.1. The minimum Gasteiger partial charge on any atom is -0.319 e. The highest BCUT2D eigenvalue weighted by Crippen LogP contribution is 2.13. The molecule has 1 heterocycles. The largest absolute Gasteiger partial charge is 0.319 e. The van der Waals surface area contributed by atoms with Crippen LogP contribution in [0.2, 0.25) is 0 Å². The van der Waals surface area contributed by atoms with Crippen molar-refractivity contribution in [2.75, 3.05) is 13.6 Å². The first-order chi connectivity index (χ1) is 7.79. The van der Waals surface area contributed by atoms with E-state index in [1.165, 1.54) is 5.56 Å². The van der Waals surface area contributed by atoms with Crippen LogP contribution in [0.15, 0.2) is 41.1 Å². The van der Waals surface area contributed by atoms with Gasteiger partial charge in [-0.15, -0.1) is 0 Å². The van der Waals surface area contributed by atoms with Crippen molar-refractivity contribution < 1.29 is 0 Å². The van der Waals surface area contributed by atoms with E-state index in [0.29, 0.717) is 0 Å². The molecule has 3 nitrogen and oxygen atoms in total. The first kappa shape index (κ1) is 11.4. The third-order valence-electron chi connectivity index (χ3n) is 2.42. The van der Waals surface area contributed by atoms with Crippen LogP contribution in [0.1, 0.15) is 5.56 Å². The summed E-state index contributed by atoms with van der Waals surface area (Å²) in [6, 6.07) is 8.46. The number of aromatic nitrogens is 2. The van der Waals surface area contributed by atoms with E-state index in [-0.39, 0.29) is 0 Å². The van der Waals surface area contributed by atoms with Crippen molar-refractivity contribution in [3.63, 3.8) is 0 Å². The van der Waals surface area contributed by atoms with Crippen LogP contribution >= 0.6 is 15.9 Å². The molecule has 2 aromatic rings. The van der Waals surface area contributed by atoms with Gasteiger partial charge in [-0.3, -0.25) is 0 Å². The molecule has 2 rings (SSSR count). The zero-order valence-electron chi connectivity index (χ0n) is 9.15. The minimum atomic E-state index is 0.992. The molecule has 1 aromatic carbocycles. The molecule has 0 aliphatic heterocycles. The van der Waals surface area contributed by atoms with Crippen LogP contribution in [0.25, 0.3) is 5.69 Å². The summed E-state index contributed by atoms with van der Waals surface area (Å²) >= 11 is 3.39. The summed E-state index contributed by atoms with van der Waals surface area (Å²) in [6.07, 6.45) is 4.79. The summed E-state index contributed by atoms with van der Waals surface area (Å²) in [5.41, 5.74) is 2.42. The second kappa shape index (κ2) is 5.27. The van der Waals surface area contributed by atoms with Crippen molar-refractivity contribution in [1.29, 1.82) is 0 Å². The molecule has 0 unspecified atom stereocenters. The highest BCUT2D eigenvalue weighted by Gasteiger charge is 1.99. The van der Waals surface area contributed by atoms with Crippen molar-refractivity contribution in [3.8, 4) is 5.69 Å². The highest BCUT2D eigenvalue weighted by molar-refractivity contribution is 9.10. The highest BCUT2D eigenvalue weighted by atomic mass is 79.9. The Morgan fingerprint density at radius 3 is 2.62 bits per heavy atom. The number of nitrogens with one attached hydrogen (secondary N) is 1. The number of hydrogen-bond donors (Lipinski definition) is 1. The van der Waals surface area contributed by atoms with Gasteiger partial charge >= 0.3 is 0 Å². The van der Waals surface area contributed by atoms with Crippen molar-refractivity contribution in [2.45, 2.75) is 6.42 Å². The standard InChI is InChI=1S/C12H14BrN3/c1-14-7-6-10-2-4-12(5-3-10)16-9-11(13)8-15-16/h2-5,8-9,14H,6-7H2,1H3. The molecular weight excluding hydrogens is 266 g/mol. The molecule has 84 valence electrons. The number of likely N-dealkylation sites (N-methyl/N-ethyl adjacent to an activating group) is 1. The van der Waals surface area contributed by atoms with Gasteiger partial charge in [-0.2, -0.15) is 5.10 Å². The molecule has 0 radical (unpaired) electrons. The van der Waals surface area contributed by atoms with E-state index >= 15 is 0 Å². The Bertz CT molecular complexity index is 448. The number of nitrogens with zero attached hydrogens (tertiary/aromatic N) is 2. The van der Waals surface area contributed by atoms with E-state index in [0.717, 1.165) is 23.1 Å². The smallest absolute Gasteiger partial charge is 0.0646 e.